The van der Waals surface area contributed by atoms with E-state index >= 15 is 0 Å². The number of nitrogens with two attached hydrogens (primary N) is 1. The van der Waals surface area contributed by atoms with Crippen LogP contribution in [0, 0.1) is 5.82 Å². The number of nitrogens with zero attached hydrogens (tertiary/aromatic N) is 3. The lowest BCUT2D eigenvalue weighted by Crippen LogP contribution is -1.81. The molecule has 4 rings (SSSR count). The molecule has 0 radical (unpaired) electrons. The van der Waals surface area contributed by atoms with E-state index in [1.165, 1.54) is 12.1 Å². The first kappa shape index (κ1) is 12.5. The van der Waals surface area contributed by atoms with Gasteiger partial charge in [0, 0.05) is 11.1 Å². The molecule has 0 atom stereocenters. The number of hydrogen-bond acceptors (Lipinski definition) is 6. The smallest absolute Gasteiger partial charge is 0.313 e. The predicted molar refractivity (Wildman–Crippen MR) is 77.1 cm³/mol. The van der Waals surface area contributed by atoms with E-state index in [0.29, 0.717) is 34.0 Å². The number of oxazole rings is 1. The second-order valence-electron chi connectivity index (χ2n) is 4.66. The molecule has 7 heteroatoms. The van der Waals surface area contributed by atoms with Crippen LogP contribution in [0.15, 0.2) is 51.3 Å². The summed E-state index contributed by atoms with van der Waals surface area (Å²) in [5, 5.41) is 7.43. The van der Waals surface area contributed by atoms with E-state index in [-0.39, 0.29) is 11.8 Å². The summed E-state index contributed by atoms with van der Waals surface area (Å²) in [6.07, 6.45) is 0. The molecule has 22 heavy (non-hydrogen) atoms. The van der Waals surface area contributed by atoms with Crippen LogP contribution >= 0.6 is 0 Å². The maximum absolute atomic E-state index is 13.3. The zero-order valence-corrected chi connectivity index (χ0v) is 11.2. The van der Waals surface area contributed by atoms with Crippen molar-refractivity contribution in [3.63, 3.8) is 0 Å². The van der Waals surface area contributed by atoms with Crippen LogP contribution in [0.2, 0.25) is 0 Å². The van der Waals surface area contributed by atoms with E-state index in [1.54, 1.807) is 30.3 Å². The molecule has 0 aliphatic heterocycles. The highest BCUT2D eigenvalue weighted by Crippen LogP contribution is 2.28. The Bertz CT molecular complexity index is 977. The second-order valence-corrected chi connectivity index (χ2v) is 4.66. The first-order valence-electron chi connectivity index (χ1n) is 6.45. The molecule has 0 spiro atoms. The molecule has 0 saturated carbocycles. The lowest BCUT2D eigenvalue weighted by Gasteiger charge is -1.93. The van der Waals surface area contributed by atoms with Crippen molar-refractivity contribution >= 4 is 17.1 Å². The first-order valence-corrected chi connectivity index (χ1v) is 6.45. The topological polar surface area (TPSA) is 91.0 Å². The summed E-state index contributed by atoms with van der Waals surface area (Å²) in [4.78, 5) is 4.36. The Hall–Kier alpha value is -3.22. The fourth-order valence-electron chi connectivity index (χ4n) is 2.16. The molecule has 0 unspecified atom stereocenters. The van der Waals surface area contributed by atoms with Gasteiger partial charge in [0.05, 0.1) is 0 Å². The van der Waals surface area contributed by atoms with Crippen molar-refractivity contribution < 1.29 is 13.2 Å². The molecule has 0 amide bonds. The van der Waals surface area contributed by atoms with E-state index in [2.05, 4.69) is 15.2 Å². The molecule has 0 aliphatic rings. The average molecular weight is 296 g/mol. The third-order valence-electron chi connectivity index (χ3n) is 3.15. The van der Waals surface area contributed by atoms with Crippen molar-refractivity contribution in [2.75, 3.05) is 5.73 Å². The minimum absolute atomic E-state index is 0.00398. The van der Waals surface area contributed by atoms with Crippen molar-refractivity contribution in [3.8, 4) is 22.9 Å². The Morgan fingerprint density at radius 1 is 0.909 bits per heavy atom. The van der Waals surface area contributed by atoms with E-state index in [4.69, 9.17) is 14.6 Å². The Morgan fingerprint density at radius 3 is 2.55 bits per heavy atom. The molecule has 2 aromatic carbocycles. The van der Waals surface area contributed by atoms with Crippen molar-refractivity contribution in [1.82, 2.24) is 15.2 Å². The zero-order valence-electron chi connectivity index (χ0n) is 11.2. The third-order valence-corrected chi connectivity index (χ3v) is 3.15. The van der Waals surface area contributed by atoms with Gasteiger partial charge in [0.15, 0.2) is 5.58 Å². The van der Waals surface area contributed by atoms with Gasteiger partial charge in [-0.15, -0.1) is 5.10 Å². The second kappa shape index (κ2) is 4.66. The molecule has 0 fully saturated rings. The van der Waals surface area contributed by atoms with Crippen LogP contribution in [0.3, 0.4) is 0 Å². The quantitative estimate of drug-likeness (QED) is 0.610. The maximum Gasteiger partial charge on any atom is 0.313 e. The van der Waals surface area contributed by atoms with E-state index in [9.17, 15) is 4.39 Å². The van der Waals surface area contributed by atoms with E-state index < -0.39 is 0 Å². The van der Waals surface area contributed by atoms with Gasteiger partial charge in [-0.25, -0.2) is 9.37 Å². The molecule has 0 saturated heterocycles. The number of benzene rings is 2. The third kappa shape index (κ3) is 2.08. The highest BCUT2D eigenvalue weighted by Gasteiger charge is 2.12. The monoisotopic (exact) mass is 296 g/mol. The molecule has 2 heterocycles. The number of anilines is 1. The van der Waals surface area contributed by atoms with Gasteiger partial charge in [-0.05, 0) is 36.4 Å². The van der Waals surface area contributed by atoms with Gasteiger partial charge in [0.1, 0.15) is 11.3 Å². The molecule has 2 N–H and O–H groups in total. The molecule has 0 aliphatic carbocycles. The number of fused-ring (bicyclic) bond motifs is 1. The summed E-state index contributed by atoms with van der Waals surface area (Å²) in [6, 6.07) is 11.3. The van der Waals surface area contributed by atoms with Crippen LogP contribution < -0.4 is 5.73 Å². The molecule has 108 valence electrons. The predicted octanol–water partition coefficient (Wildman–Crippen LogP) is 3.27. The molecule has 2 aromatic heterocycles. The number of halogens is 1. The SMILES string of the molecule is Nc1nnc(-c2ccc3oc(-c4cccc(F)c4)nc3c2)o1. The highest BCUT2D eigenvalue weighted by atomic mass is 19.1. The van der Waals surface area contributed by atoms with Gasteiger partial charge in [0.2, 0.25) is 11.8 Å². The van der Waals surface area contributed by atoms with Gasteiger partial charge in [0.25, 0.3) is 0 Å². The summed E-state index contributed by atoms with van der Waals surface area (Å²) in [5.74, 6) is 0.299. The van der Waals surface area contributed by atoms with Crippen molar-refractivity contribution in [2.45, 2.75) is 0 Å². The number of hydrogen-bond donors (Lipinski definition) is 1. The van der Waals surface area contributed by atoms with Gasteiger partial charge < -0.3 is 14.6 Å². The van der Waals surface area contributed by atoms with Crippen LogP contribution in [0.4, 0.5) is 10.4 Å². The van der Waals surface area contributed by atoms with Gasteiger partial charge >= 0.3 is 6.01 Å². The van der Waals surface area contributed by atoms with Gasteiger partial charge in [-0.2, -0.15) is 0 Å². The van der Waals surface area contributed by atoms with Crippen molar-refractivity contribution in [2.24, 2.45) is 0 Å². The Balaban J connectivity index is 1.81. The van der Waals surface area contributed by atoms with Gasteiger partial charge in [-0.3, -0.25) is 0 Å². The number of nitrogen functional groups attached to an aromatic ring is 1. The Kier molecular flexibility index (Phi) is 2.65. The summed E-state index contributed by atoms with van der Waals surface area (Å²) in [7, 11) is 0. The van der Waals surface area contributed by atoms with E-state index in [1.807, 2.05) is 0 Å². The molecular weight excluding hydrogens is 287 g/mol. The number of aromatic nitrogens is 3. The number of rotatable bonds is 2. The lowest BCUT2D eigenvalue weighted by atomic mass is 10.2. The van der Waals surface area contributed by atoms with Crippen molar-refractivity contribution in [3.05, 3.63) is 48.3 Å². The van der Waals surface area contributed by atoms with Crippen LogP contribution in [0.5, 0.6) is 0 Å². The largest absolute Gasteiger partial charge is 0.436 e. The average Bonchev–Trinajstić information content (AvgIpc) is 3.12. The van der Waals surface area contributed by atoms with Crippen molar-refractivity contribution in [1.29, 1.82) is 0 Å². The van der Waals surface area contributed by atoms with Crippen LogP contribution in [0.1, 0.15) is 0 Å². The first-order chi connectivity index (χ1) is 10.7. The fraction of sp³-hybridized carbons (Fsp3) is 0. The standard InChI is InChI=1S/C15H9FN4O2/c16-10-3-1-2-8(6-10)13-18-11-7-9(4-5-12(11)21-13)14-19-20-15(17)22-14/h1-7H,(H2,17,20). The summed E-state index contributed by atoms with van der Waals surface area (Å²) in [5.41, 5.74) is 7.84. The molecule has 0 bridgehead atoms. The minimum Gasteiger partial charge on any atom is -0.436 e. The van der Waals surface area contributed by atoms with E-state index in [0.717, 1.165) is 0 Å². The summed E-state index contributed by atoms with van der Waals surface area (Å²) < 4.78 is 24.1. The molecule has 4 aromatic rings. The van der Waals surface area contributed by atoms with Crippen LogP contribution in [-0.2, 0) is 0 Å². The summed E-state index contributed by atoms with van der Waals surface area (Å²) in [6.45, 7) is 0. The summed E-state index contributed by atoms with van der Waals surface area (Å²) >= 11 is 0. The normalized spacial score (nSPS) is 11.1. The Morgan fingerprint density at radius 2 is 1.77 bits per heavy atom. The lowest BCUT2D eigenvalue weighted by molar-refractivity contribution is 0.590. The zero-order chi connectivity index (χ0) is 15.1. The van der Waals surface area contributed by atoms with Crippen LogP contribution in [0.25, 0.3) is 34.0 Å². The highest BCUT2D eigenvalue weighted by molar-refractivity contribution is 5.80. The van der Waals surface area contributed by atoms with Gasteiger partial charge in [-0.1, -0.05) is 11.2 Å². The van der Waals surface area contributed by atoms with Crippen LogP contribution in [-0.4, -0.2) is 15.2 Å². The fourth-order valence-corrected chi connectivity index (χ4v) is 2.16. The minimum atomic E-state index is -0.346. The molecule has 6 nitrogen and oxygen atoms in total. The Labute approximate surface area is 123 Å². The maximum atomic E-state index is 13.3. The molecular formula is C15H9FN4O2.